The maximum atomic E-state index is 13.4. The third-order valence-electron chi connectivity index (χ3n) is 6.65. The van der Waals surface area contributed by atoms with Crippen molar-refractivity contribution >= 4 is 26.0 Å². The van der Waals surface area contributed by atoms with Gasteiger partial charge in [0.1, 0.15) is 0 Å². The van der Waals surface area contributed by atoms with Gasteiger partial charge in [-0.3, -0.25) is 4.79 Å². The average Bonchev–Trinajstić information content (AvgIpc) is 2.92. The Bertz CT molecular complexity index is 1220. The number of ether oxygens (including phenoxy) is 1. The van der Waals surface area contributed by atoms with Crippen molar-refractivity contribution in [2.24, 2.45) is 0 Å². The highest BCUT2D eigenvalue weighted by molar-refractivity contribution is 7.89. The van der Waals surface area contributed by atoms with Gasteiger partial charge in [0, 0.05) is 25.7 Å². The van der Waals surface area contributed by atoms with Crippen LogP contribution in [0.1, 0.15) is 37.7 Å². The van der Waals surface area contributed by atoms with Gasteiger partial charge in [-0.1, -0.05) is 49.6 Å². The fraction of sp³-hybridized carbons (Fsp3) is 0.480. The molecule has 1 heterocycles. The minimum absolute atomic E-state index is 0.167. The van der Waals surface area contributed by atoms with E-state index in [1.54, 1.807) is 42.5 Å². The van der Waals surface area contributed by atoms with Crippen molar-refractivity contribution in [3.8, 4) is 0 Å². The number of hydrogen-bond donors (Lipinski definition) is 1. The molecule has 1 amide bonds. The molecule has 11 heteroatoms. The summed E-state index contributed by atoms with van der Waals surface area (Å²) in [6, 6.07) is 14.4. The zero-order valence-corrected chi connectivity index (χ0v) is 21.8. The number of sulfonamides is 2. The van der Waals surface area contributed by atoms with E-state index in [9.17, 15) is 21.6 Å². The standard InChI is InChI=1S/C25H33N3O6S2/c29-25(20-28(22-7-3-1-4-8-22)36(32,33)23-9-5-2-6-10-23)26-19-21-11-13-24(14-12-21)35(30,31)27-15-17-34-18-16-27/h2,5-6,9-14,22H,1,3-4,7-8,15-20H2,(H,26,29). The number of rotatable bonds is 9. The van der Waals surface area contributed by atoms with Crippen LogP contribution in [0.25, 0.3) is 0 Å². The van der Waals surface area contributed by atoms with E-state index in [1.165, 1.54) is 20.7 Å². The Morgan fingerprint density at radius 2 is 1.53 bits per heavy atom. The van der Waals surface area contributed by atoms with Crippen LogP contribution in [-0.2, 0) is 36.1 Å². The number of nitrogens with zero attached hydrogens (tertiary/aromatic N) is 2. The first-order valence-corrected chi connectivity index (χ1v) is 15.2. The quantitative estimate of drug-likeness (QED) is 0.528. The molecule has 0 spiro atoms. The van der Waals surface area contributed by atoms with Gasteiger partial charge in [0.05, 0.1) is 29.5 Å². The Morgan fingerprint density at radius 1 is 0.889 bits per heavy atom. The Morgan fingerprint density at radius 3 is 2.17 bits per heavy atom. The van der Waals surface area contributed by atoms with E-state index in [0.29, 0.717) is 26.3 Å². The summed E-state index contributed by atoms with van der Waals surface area (Å²) < 4.78 is 60.3. The van der Waals surface area contributed by atoms with Crippen LogP contribution in [0.5, 0.6) is 0 Å². The fourth-order valence-corrected chi connectivity index (χ4v) is 7.69. The predicted octanol–water partition coefficient (Wildman–Crippen LogP) is 2.35. The Labute approximate surface area is 213 Å². The fourth-order valence-electron chi connectivity index (χ4n) is 4.62. The Kier molecular flexibility index (Phi) is 8.78. The Balaban J connectivity index is 1.41. The first kappa shape index (κ1) is 26.7. The van der Waals surface area contributed by atoms with Crippen LogP contribution in [0.3, 0.4) is 0 Å². The van der Waals surface area contributed by atoms with Crippen molar-refractivity contribution in [2.45, 2.75) is 54.5 Å². The second-order valence-electron chi connectivity index (χ2n) is 9.09. The number of carbonyl (C=O) groups is 1. The molecule has 9 nitrogen and oxygen atoms in total. The van der Waals surface area contributed by atoms with Crippen LogP contribution in [0.15, 0.2) is 64.4 Å². The van der Waals surface area contributed by atoms with Crippen molar-refractivity contribution in [3.05, 3.63) is 60.2 Å². The second-order valence-corrected chi connectivity index (χ2v) is 12.9. The molecule has 1 saturated heterocycles. The summed E-state index contributed by atoms with van der Waals surface area (Å²) in [6.07, 6.45) is 4.41. The largest absolute Gasteiger partial charge is 0.379 e. The lowest BCUT2D eigenvalue weighted by molar-refractivity contribution is -0.121. The van der Waals surface area contributed by atoms with Crippen molar-refractivity contribution in [2.75, 3.05) is 32.8 Å². The van der Waals surface area contributed by atoms with E-state index in [4.69, 9.17) is 4.74 Å². The normalized spacial score (nSPS) is 18.2. The third kappa shape index (κ3) is 6.33. The SMILES string of the molecule is O=C(CN(C1CCCCC1)S(=O)(=O)c1ccccc1)NCc1ccc(S(=O)(=O)N2CCOCC2)cc1. The zero-order chi connectivity index (χ0) is 25.6. The molecule has 2 fully saturated rings. The molecule has 1 aliphatic carbocycles. The lowest BCUT2D eigenvalue weighted by Gasteiger charge is -2.33. The minimum atomic E-state index is -3.82. The van der Waals surface area contributed by atoms with Crippen molar-refractivity contribution in [1.82, 2.24) is 13.9 Å². The average molecular weight is 536 g/mol. The highest BCUT2D eigenvalue weighted by Crippen LogP contribution is 2.27. The number of nitrogens with one attached hydrogen (secondary N) is 1. The molecule has 2 aromatic carbocycles. The molecule has 36 heavy (non-hydrogen) atoms. The van der Waals surface area contributed by atoms with E-state index in [-0.39, 0.29) is 28.9 Å². The summed E-state index contributed by atoms with van der Waals surface area (Å²) in [7, 11) is -7.41. The highest BCUT2D eigenvalue weighted by Gasteiger charge is 2.34. The molecule has 1 saturated carbocycles. The number of hydrogen-bond acceptors (Lipinski definition) is 6. The van der Waals surface area contributed by atoms with Gasteiger partial charge in [0.25, 0.3) is 0 Å². The molecule has 1 N–H and O–H groups in total. The number of amides is 1. The summed E-state index contributed by atoms with van der Waals surface area (Å²) in [4.78, 5) is 13.2. The predicted molar refractivity (Wildman–Crippen MR) is 135 cm³/mol. The smallest absolute Gasteiger partial charge is 0.243 e. The summed E-state index contributed by atoms with van der Waals surface area (Å²) in [5, 5.41) is 2.79. The Hall–Kier alpha value is -2.31. The van der Waals surface area contributed by atoms with Gasteiger partial charge in [-0.05, 0) is 42.7 Å². The van der Waals surface area contributed by atoms with E-state index in [0.717, 1.165) is 37.7 Å². The van der Waals surface area contributed by atoms with Crippen LogP contribution in [-0.4, -0.2) is 70.2 Å². The van der Waals surface area contributed by atoms with Gasteiger partial charge < -0.3 is 10.1 Å². The zero-order valence-electron chi connectivity index (χ0n) is 20.2. The highest BCUT2D eigenvalue weighted by atomic mass is 32.2. The van der Waals surface area contributed by atoms with E-state index in [1.807, 2.05) is 0 Å². The maximum Gasteiger partial charge on any atom is 0.243 e. The van der Waals surface area contributed by atoms with Gasteiger partial charge in [-0.15, -0.1) is 0 Å². The lowest BCUT2D eigenvalue weighted by Crippen LogP contribution is -2.46. The van der Waals surface area contributed by atoms with Gasteiger partial charge in [0.2, 0.25) is 26.0 Å². The van der Waals surface area contributed by atoms with Crippen molar-refractivity contribution in [1.29, 1.82) is 0 Å². The molecule has 0 atom stereocenters. The van der Waals surface area contributed by atoms with Gasteiger partial charge >= 0.3 is 0 Å². The molecule has 196 valence electrons. The molecule has 0 unspecified atom stereocenters. The number of benzene rings is 2. The van der Waals surface area contributed by atoms with Crippen molar-refractivity contribution < 1.29 is 26.4 Å². The van der Waals surface area contributed by atoms with Crippen LogP contribution in [0.2, 0.25) is 0 Å². The number of carbonyl (C=O) groups excluding carboxylic acids is 1. The first-order valence-electron chi connectivity index (χ1n) is 12.3. The van der Waals surface area contributed by atoms with E-state index < -0.39 is 26.0 Å². The summed E-state index contributed by atoms with van der Waals surface area (Å²) in [6.45, 7) is 1.31. The summed E-state index contributed by atoms with van der Waals surface area (Å²) in [5.74, 6) is -0.398. The monoisotopic (exact) mass is 535 g/mol. The maximum absolute atomic E-state index is 13.4. The molecule has 0 bridgehead atoms. The third-order valence-corrected chi connectivity index (χ3v) is 10.5. The van der Waals surface area contributed by atoms with Crippen LogP contribution >= 0.6 is 0 Å². The molecule has 4 rings (SSSR count). The molecule has 0 aromatic heterocycles. The first-order chi connectivity index (χ1) is 17.3. The van der Waals surface area contributed by atoms with E-state index >= 15 is 0 Å². The van der Waals surface area contributed by atoms with Crippen LogP contribution < -0.4 is 5.32 Å². The molecular formula is C25H33N3O6S2. The minimum Gasteiger partial charge on any atom is -0.379 e. The molecular weight excluding hydrogens is 502 g/mol. The van der Waals surface area contributed by atoms with Gasteiger partial charge in [0.15, 0.2) is 0 Å². The molecule has 2 aliphatic rings. The van der Waals surface area contributed by atoms with Gasteiger partial charge in [-0.2, -0.15) is 8.61 Å². The van der Waals surface area contributed by atoms with E-state index in [2.05, 4.69) is 5.32 Å². The van der Waals surface area contributed by atoms with Crippen LogP contribution in [0, 0.1) is 0 Å². The number of morpholine rings is 1. The lowest BCUT2D eigenvalue weighted by atomic mass is 9.95. The molecule has 1 aliphatic heterocycles. The van der Waals surface area contributed by atoms with Crippen molar-refractivity contribution in [3.63, 3.8) is 0 Å². The summed E-state index contributed by atoms with van der Waals surface area (Å²) in [5.41, 5.74) is 0.722. The molecule has 0 radical (unpaired) electrons. The van der Waals surface area contributed by atoms with Crippen LogP contribution in [0.4, 0.5) is 0 Å². The molecule has 2 aromatic rings. The van der Waals surface area contributed by atoms with Gasteiger partial charge in [-0.25, -0.2) is 16.8 Å². The topological polar surface area (TPSA) is 113 Å². The second kappa shape index (κ2) is 11.8. The summed E-state index contributed by atoms with van der Waals surface area (Å²) >= 11 is 0.